The molecule has 3 heteroatoms. The minimum Gasteiger partial charge on any atom is -0.316 e. The molecule has 0 bridgehead atoms. The lowest BCUT2D eigenvalue weighted by Gasteiger charge is -2.15. The molecule has 0 aliphatic carbocycles. The molecule has 1 aromatic heterocycles. The van der Waals surface area contributed by atoms with Crippen LogP contribution in [0, 0.1) is 0 Å². The highest BCUT2D eigenvalue weighted by Gasteiger charge is 2.19. The lowest BCUT2D eigenvalue weighted by molar-refractivity contribution is -0.112. The third-order valence-corrected chi connectivity index (χ3v) is 1.53. The monoisotopic (exact) mass is 150 g/mol. The molecule has 0 spiro atoms. The van der Waals surface area contributed by atoms with Gasteiger partial charge in [0.05, 0.1) is 5.54 Å². The number of carbonyl (C=O) groups excluding carboxylic acids is 1. The fourth-order valence-electron chi connectivity index (χ4n) is 0.749. The second-order valence-corrected chi connectivity index (χ2v) is 2.64. The van der Waals surface area contributed by atoms with Crippen molar-refractivity contribution in [1.82, 2.24) is 4.98 Å². The normalized spacial score (nSPS) is 15.5. The minimum absolute atomic E-state index is 0.712. The molecule has 0 saturated heterocycles. The summed E-state index contributed by atoms with van der Waals surface area (Å²) >= 11 is 0. The van der Waals surface area contributed by atoms with E-state index in [1.807, 2.05) is 0 Å². The van der Waals surface area contributed by atoms with Crippen molar-refractivity contribution in [3.63, 3.8) is 0 Å². The Morgan fingerprint density at radius 3 is 2.91 bits per heavy atom. The fourth-order valence-corrected chi connectivity index (χ4v) is 0.749. The summed E-state index contributed by atoms with van der Waals surface area (Å²) in [4.78, 5) is 14.3. The van der Waals surface area contributed by atoms with Crippen LogP contribution in [0.25, 0.3) is 0 Å². The number of pyridine rings is 1. The summed E-state index contributed by atoms with van der Waals surface area (Å²) in [5.74, 6) is 0. The maximum atomic E-state index is 10.5. The summed E-state index contributed by atoms with van der Waals surface area (Å²) in [7, 11) is 0. The van der Waals surface area contributed by atoms with E-state index in [0.717, 1.165) is 5.56 Å². The number of hydrogen-bond donors (Lipinski definition) is 1. The molecule has 1 aromatic rings. The Morgan fingerprint density at radius 2 is 2.45 bits per heavy atom. The van der Waals surface area contributed by atoms with Gasteiger partial charge in [-0.05, 0) is 18.6 Å². The van der Waals surface area contributed by atoms with Gasteiger partial charge in [0.1, 0.15) is 6.29 Å². The predicted molar refractivity (Wildman–Crippen MR) is 41.8 cm³/mol. The Labute approximate surface area is 65.2 Å². The Bertz CT molecular complexity index is 244. The number of aromatic nitrogens is 1. The average Bonchev–Trinajstić information content (AvgIpc) is 2.06. The number of nitrogens with zero attached hydrogens (tertiary/aromatic N) is 1. The molecule has 0 saturated carbocycles. The molecule has 1 unspecified atom stereocenters. The Balaban J connectivity index is 3.02. The first-order valence-electron chi connectivity index (χ1n) is 3.32. The largest absolute Gasteiger partial charge is 0.316 e. The summed E-state index contributed by atoms with van der Waals surface area (Å²) in [6, 6.07) is 3.53. The van der Waals surface area contributed by atoms with Crippen molar-refractivity contribution < 1.29 is 4.79 Å². The third-order valence-electron chi connectivity index (χ3n) is 1.53. The zero-order valence-corrected chi connectivity index (χ0v) is 6.32. The molecular weight excluding hydrogens is 140 g/mol. The minimum atomic E-state index is -0.908. The van der Waals surface area contributed by atoms with Crippen LogP contribution in [0.3, 0.4) is 0 Å². The van der Waals surface area contributed by atoms with Crippen molar-refractivity contribution in [2.45, 2.75) is 12.5 Å². The standard InChI is InChI=1S/C8H10N2O/c1-8(9,6-11)7-3-2-4-10-5-7/h2-6H,9H2,1H3. The van der Waals surface area contributed by atoms with E-state index in [1.165, 1.54) is 0 Å². The molecule has 0 amide bonds. The van der Waals surface area contributed by atoms with Gasteiger partial charge in [0.15, 0.2) is 0 Å². The van der Waals surface area contributed by atoms with E-state index in [9.17, 15) is 4.79 Å². The first-order chi connectivity index (χ1) is 5.17. The van der Waals surface area contributed by atoms with Crippen LogP contribution in [0.15, 0.2) is 24.5 Å². The Hall–Kier alpha value is -1.22. The van der Waals surface area contributed by atoms with Crippen LogP contribution in [0.1, 0.15) is 12.5 Å². The van der Waals surface area contributed by atoms with Gasteiger partial charge in [-0.1, -0.05) is 6.07 Å². The molecular formula is C8H10N2O. The van der Waals surface area contributed by atoms with E-state index in [0.29, 0.717) is 6.29 Å². The SMILES string of the molecule is CC(N)(C=O)c1cccnc1. The zero-order chi connectivity index (χ0) is 8.32. The van der Waals surface area contributed by atoms with Crippen molar-refractivity contribution in [2.75, 3.05) is 0 Å². The van der Waals surface area contributed by atoms with Gasteiger partial charge in [0.2, 0.25) is 0 Å². The third kappa shape index (κ3) is 1.62. The maximum Gasteiger partial charge on any atom is 0.144 e. The smallest absolute Gasteiger partial charge is 0.144 e. The molecule has 0 aliphatic heterocycles. The summed E-state index contributed by atoms with van der Waals surface area (Å²) in [5, 5.41) is 0. The van der Waals surface area contributed by atoms with Gasteiger partial charge < -0.3 is 10.5 Å². The van der Waals surface area contributed by atoms with Gasteiger partial charge in [0.25, 0.3) is 0 Å². The average molecular weight is 150 g/mol. The maximum absolute atomic E-state index is 10.5. The highest BCUT2D eigenvalue weighted by Crippen LogP contribution is 2.12. The molecule has 0 aromatic carbocycles. The highest BCUT2D eigenvalue weighted by molar-refractivity contribution is 5.66. The van der Waals surface area contributed by atoms with E-state index in [2.05, 4.69) is 4.98 Å². The van der Waals surface area contributed by atoms with Crippen molar-refractivity contribution in [1.29, 1.82) is 0 Å². The number of hydrogen-bond acceptors (Lipinski definition) is 3. The van der Waals surface area contributed by atoms with Crippen LogP contribution >= 0.6 is 0 Å². The predicted octanol–water partition coefficient (Wildman–Crippen LogP) is 0.454. The highest BCUT2D eigenvalue weighted by atomic mass is 16.1. The molecule has 1 rings (SSSR count). The van der Waals surface area contributed by atoms with E-state index < -0.39 is 5.54 Å². The van der Waals surface area contributed by atoms with Crippen molar-refractivity contribution >= 4 is 6.29 Å². The number of carbonyl (C=O) groups is 1. The van der Waals surface area contributed by atoms with Crippen LogP contribution in [0.4, 0.5) is 0 Å². The topological polar surface area (TPSA) is 56.0 Å². The van der Waals surface area contributed by atoms with Crippen molar-refractivity contribution in [3.05, 3.63) is 30.1 Å². The van der Waals surface area contributed by atoms with Crippen LogP contribution in [-0.4, -0.2) is 11.3 Å². The summed E-state index contributed by atoms with van der Waals surface area (Å²) in [6.45, 7) is 1.65. The molecule has 1 heterocycles. The molecule has 11 heavy (non-hydrogen) atoms. The second-order valence-electron chi connectivity index (χ2n) is 2.64. The molecule has 2 N–H and O–H groups in total. The molecule has 1 atom stereocenters. The molecule has 0 fully saturated rings. The number of rotatable bonds is 2. The Morgan fingerprint density at radius 1 is 1.73 bits per heavy atom. The first kappa shape index (κ1) is 7.88. The zero-order valence-electron chi connectivity index (χ0n) is 6.32. The Kier molecular flexibility index (Phi) is 2.01. The lowest BCUT2D eigenvalue weighted by atomic mass is 9.97. The van der Waals surface area contributed by atoms with Crippen LogP contribution < -0.4 is 5.73 Å². The lowest BCUT2D eigenvalue weighted by Crippen LogP contribution is -2.34. The van der Waals surface area contributed by atoms with Crippen LogP contribution in [0.2, 0.25) is 0 Å². The van der Waals surface area contributed by atoms with E-state index in [4.69, 9.17) is 5.73 Å². The fraction of sp³-hybridized carbons (Fsp3) is 0.250. The van der Waals surface area contributed by atoms with Gasteiger partial charge in [0, 0.05) is 12.4 Å². The van der Waals surface area contributed by atoms with Crippen molar-refractivity contribution in [2.24, 2.45) is 5.73 Å². The van der Waals surface area contributed by atoms with Gasteiger partial charge in [-0.15, -0.1) is 0 Å². The molecule has 0 radical (unpaired) electrons. The summed E-state index contributed by atoms with van der Waals surface area (Å²) < 4.78 is 0. The molecule has 0 aliphatic rings. The number of aldehydes is 1. The molecule has 3 nitrogen and oxygen atoms in total. The van der Waals surface area contributed by atoms with E-state index in [1.54, 1.807) is 31.5 Å². The summed E-state index contributed by atoms with van der Waals surface area (Å²) in [6.07, 6.45) is 3.95. The summed E-state index contributed by atoms with van der Waals surface area (Å²) in [5.41, 5.74) is 5.45. The van der Waals surface area contributed by atoms with Crippen LogP contribution in [-0.2, 0) is 10.3 Å². The van der Waals surface area contributed by atoms with E-state index >= 15 is 0 Å². The molecule has 58 valence electrons. The van der Waals surface area contributed by atoms with Gasteiger partial charge in [-0.25, -0.2) is 0 Å². The first-order valence-corrected chi connectivity index (χ1v) is 3.32. The quantitative estimate of drug-likeness (QED) is 0.623. The van der Waals surface area contributed by atoms with Crippen molar-refractivity contribution in [3.8, 4) is 0 Å². The number of nitrogens with two attached hydrogens (primary N) is 1. The van der Waals surface area contributed by atoms with Crippen LogP contribution in [0.5, 0.6) is 0 Å². The van der Waals surface area contributed by atoms with Gasteiger partial charge >= 0.3 is 0 Å². The van der Waals surface area contributed by atoms with Gasteiger partial charge in [-0.3, -0.25) is 4.98 Å². The van der Waals surface area contributed by atoms with Gasteiger partial charge in [-0.2, -0.15) is 0 Å². The van der Waals surface area contributed by atoms with E-state index in [-0.39, 0.29) is 0 Å². The second kappa shape index (κ2) is 2.80.